The Bertz CT molecular complexity index is 749. The minimum Gasteiger partial charge on any atom is -0.357 e. The maximum Gasteiger partial charge on any atom is 0.191 e. The molecule has 1 aliphatic heterocycles. The summed E-state index contributed by atoms with van der Waals surface area (Å²) >= 11 is 0. The fourth-order valence-corrected chi connectivity index (χ4v) is 3.59. The van der Waals surface area contributed by atoms with Gasteiger partial charge in [0.05, 0.1) is 6.54 Å². The maximum atomic E-state index is 4.77. The minimum absolute atomic E-state index is 0.694. The normalized spacial score (nSPS) is 14.5. The molecule has 0 unspecified atom stereocenters. The lowest BCUT2D eigenvalue weighted by Crippen LogP contribution is -2.38. The third-order valence-corrected chi connectivity index (χ3v) is 5.08. The summed E-state index contributed by atoms with van der Waals surface area (Å²) in [5, 5.41) is 15.6. The highest BCUT2D eigenvalue weighted by Gasteiger charge is 2.14. The van der Waals surface area contributed by atoms with Crippen LogP contribution in [0.3, 0.4) is 0 Å². The van der Waals surface area contributed by atoms with E-state index < -0.39 is 0 Å². The third-order valence-electron chi connectivity index (χ3n) is 5.08. The van der Waals surface area contributed by atoms with Crippen LogP contribution < -0.4 is 10.6 Å². The van der Waals surface area contributed by atoms with Crippen molar-refractivity contribution in [3.8, 4) is 0 Å². The van der Waals surface area contributed by atoms with E-state index in [0.29, 0.717) is 6.54 Å². The van der Waals surface area contributed by atoms with Crippen LogP contribution in [-0.2, 0) is 32.4 Å². The largest absolute Gasteiger partial charge is 0.357 e. The van der Waals surface area contributed by atoms with Crippen LogP contribution in [0.2, 0.25) is 0 Å². The van der Waals surface area contributed by atoms with Gasteiger partial charge in [-0.1, -0.05) is 37.6 Å². The van der Waals surface area contributed by atoms with Crippen molar-refractivity contribution >= 4 is 5.96 Å². The van der Waals surface area contributed by atoms with Crippen LogP contribution in [0.4, 0.5) is 0 Å². The van der Waals surface area contributed by atoms with Crippen molar-refractivity contribution in [3.05, 3.63) is 47.0 Å². The fraction of sp³-hybridized carbons (Fsp3) is 0.571. The zero-order valence-electron chi connectivity index (χ0n) is 16.7. The molecule has 2 N–H and O–H groups in total. The molecule has 0 bridgehead atoms. The van der Waals surface area contributed by atoms with Gasteiger partial charge in [0.1, 0.15) is 11.6 Å². The van der Waals surface area contributed by atoms with Gasteiger partial charge in [-0.3, -0.25) is 0 Å². The van der Waals surface area contributed by atoms with Crippen molar-refractivity contribution in [3.63, 3.8) is 0 Å². The zero-order chi connectivity index (χ0) is 18.9. The number of aromatic nitrogens is 3. The van der Waals surface area contributed by atoms with Gasteiger partial charge in [-0.25, -0.2) is 4.99 Å². The van der Waals surface area contributed by atoms with Crippen LogP contribution in [0, 0.1) is 0 Å². The molecule has 0 aliphatic carbocycles. The number of rotatable bonds is 7. The van der Waals surface area contributed by atoms with Gasteiger partial charge in [0.25, 0.3) is 0 Å². The lowest BCUT2D eigenvalue weighted by molar-refractivity contribution is 0.600. The van der Waals surface area contributed by atoms with Crippen molar-refractivity contribution in [1.82, 2.24) is 25.4 Å². The van der Waals surface area contributed by atoms with Gasteiger partial charge in [0.2, 0.25) is 0 Å². The van der Waals surface area contributed by atoms with E-state index in [9.17, 15) is 0 Å². The highest BCUT2D eigenvalue weighted by atomic mass is 15.3. The van der Waals surface area contributed by atoms with E-state index in [1.165, 1.54) is 30.4 Å². The predicted octanol–water partition coefficient (Wildman–Crippen LogP) is 2.86. The van der Waals surface area contributed by atoms with E-state index in [4.69, 9.17) is 4.99 Å². The summed E-state index contributed by atoms with van der Waals surface area (Å²) in [6.07, 6.45) is 6.70. The number of fused-ring (bicyclic) bond motifs is 1. The molecule has 0 spiro atoms. The van der Waals surface area contributed by atoms with Gasteiger partial charge < -0.3 is 15.2 Å². The third kappa shape index (κ3) is 5.31. The number of hydrogen-bond donors (Lipinski definition) is 2. The Labute approximate surface area is 162 Å². The first-order valence-corrected chi connectivity index (χ1v) is 10.3. The molecule has 3 rings (SSSR count). The van der Waals surface area contributed by atoms with E-state index in [1.54, 1.807) is 0 Å². The first-order valence-electron chi connectivity index (χ1n) is 10.3. The average Bonchev–Trinajstić information content (AvgIpc) is 2.92. The van der Waals surface area contributed by atoms with Gasteiger partial charge >= 0.3 is 0 Å². The molecule has 146 valence electrons. The van der Waals surface area contributed by atoms with E-state index >= 15 is 0 Å². The van der Waals surface area contributed by atoms with Crippen LogP contribution in [0.1, 0.15) is 55.9 Å². The highest BCUT2D eigenvalue weighted by molar-refractivity contribution is 5.79. The lowest BCUT2D eigenvalue weighted by Gasteiger charge is -2.12. The number of aliphatic imine (C=N–C) groups is 1. The molecule has 0 saturated carbocycles. The summed E-state index contributed by atoms with van der Waals surface area (Å²) in [5.74, 6) is 3.10. The van der Waals surface area contributed by atoms with Crippen molar-refractivity contribution in [2.45, 2.75) is 65.5 Å². The number of aryl methyl sites for hydroxylation is 2. The number of nitrogens with one attached hydrogen (secondary N) is 2. The van der Waals surface area contributed by atoms with Crippen LogP contribution in [0.5, 0.6) is 0 Å². The van der Waals surface area contributed by atoms with E-state index in [-0.39, 0.29) is 0 Å². The molecule has 1 aromatic heterocycles. The molecule has 6 nitrogen and oxygen atoms in total. The zero-order valence-corrected chi connectivity index (χ0v) is 16.7. The molecule has 0 fully saturated rings. The first kappa shape index (κ1) is 19.4. The molecule has 0 amide bonds. The summed E-state index contributed by atoms with van der Waals surface area (Å²) in [6, 6.07) is 8.53. The molecular formula is C21H32N6. The van der Waals surface area contributed by atoms with Crippen LogP contribution in [-0.4, -0.2) is 33.8 Å². The summed E-state index contributed by atoms with van der Waals surface area (Å²) in [7, 11) is 0. The number of hydrogen-bond acceptors (Lipinski definition) is 3. The SMILES string of the molecule is CCNC(=NCc1ccccc1CC)NCCc1nnc2n1CCCCC2. The van der Waals surface area contributed by atoms with E-state index in [0.717, 1.165) is 56.5 Å². The smallest absolute Gasteiger partial charge is 0.191 e. The number of benzene rings is 1. The quantitative estimate of drug-likeness (QED) is 0.582. The van der Waals surface area contributed by atoms with Crippen molar-refractivity contribution in [2.24, 2.45) is 4.99 Å². The Morgan fingerprint density at radius 2 is 1.93 bits per heavy atom. The monoisotopic (exact) mass is 368 g/mol. The molecular weight excluding hydrogens is 336 g/mol. The van der Waals surface area contributed by atoms with Crippen LogP contribution in [0.15, 0.2) is 29.3 Å². The molecule has 6 heteroatoms. The molecule has 2 heterocycles. The number of nitrogens with zero attached hydrogens (tertiary/aromatic N) is 4. The molecule has 0 saturated heterocycles. The van der Waals surface area contributed by atoms with Crippen LogP contribution >= 0.6 is 0 Å². The lowest BCUT2D eigenvalue weighted by atomic mass is 10.1. The van der Waals surface area contributed by atoms with E-state index in [1.807, 2.05) is 0 Å². The summed E-state index contributed by atoms with van der Waals surface area (Å²) < 4.78 is 2.32. The highest BCUT2D eigenvalue weighted by Crippen LogP contribution is 2.14. The second-order valence-corrected chi connectivity index (χ2v) is 6.99. The average molecular weight is 369 g/mol. The second-order valence-electron chi connectivity index (χ2n) is 6.99. The summed E-state index contributed by atoms with van der Waals surface area (Å²) in [6.45, 7) is 7.68. The number of guanidine groups is 1. The van der Waals surface area contributed by atoms with Gasteiger partial charge in [-0.05, 0) is 37.3 Å². The molecule has 0 radical (unpaired) electrons. The minimum atomic E-state index is 0.694. The molecule has 2 aromatic rings. The maximum absolute atomic E-state index is 4.77. The summed E-state index contributed by atoms with van der Waals surface area (Å²) in [4.78, 5) is 4.77. The molecule has 27 heavy (non-hydrogen) atoms. The van der Waals surface area contributed by atoms with Gasteiger partial charge in [0.15, 0.2) is 5.96 Å². The van der Waals surface area contributed by atoms with E-state index in [2.05, 4.69) is 63.5 Å². The second kappa shape index (κ2) is 10.1. The van der Waals surface area contributed by atoms with Crippen molar-refractivity contribution in [2.75, 3.05) is 13.1 Å². The predicted molar refractivity (Wildman–Crippen MR) is 110 cm³/mol. The first-order chi connectivity index (χ1) is 13.3. The fourth-order valence-electron chi connectivity index (χ4n) is 3.59. The van der Waals surface area contributed by atoms with Gasteiger partial charge in [-0.15, -0.1) is 10.2 Å². The Balaban J connectivity index is 1.58. The van der Waals surface area contributed by atoms with Crippen molar-refractivity contribution in [1.29, 1.82) is 0 Å². The Morgan fingerprint density at radius 3 is 2.74 bits per heavy atom. The Morgan fingerprint density at radius 1 is 1.07 bits per heavy atom. The molecule has 1 aromatic carbocycles. The standard InChI is InChI=1S/C21H32N6/c1-3-17-10-7-8-11-18(17)16-24-21(22-4-2)23-14-13-20-26-25-19-12-6-5-9-15-27(19)20/h7-8,10-11H,3-6,9,12-16H2,1-2H3,(H2,22,23,24). The van der Waals surface area contributed by atoms with Crippen molar-refractivity contribution < 1.29 is 0 Å². The van der Waals surface area contributed by atoms with Crippen LogP contribution in [0.25, 0.3) is 0 Å². The Kier molecular flexibility index (Phi) is 7.25. The Hall–Kier alpha value is -2.37. The topological polar surface area (TPSA) is 67.1 Å². The molecule has 0 atom stereocenters. The van der Waals surface area contributed by atoms with Gasteiger partial charge in [0, 0.05) is 32.5 Å². The summed E-state index contributed by atoms with van der Waals surface area (Å²) in [5.41, 5.74) is 2.66. The molecule has 1 aliphatic rings. The van der Waals surface area contributed by atoms with Gasteiger partial charge in [-0.2, -0.15) is 0 Å².